The van der Waals surface area contributed by atoms with Crippen LogP contribution in [0.2, 0.25) is 0 Å². The fourth-order valence-corrected chi connectivity index (χ4v) is 4.25. The van der Waals surface area contributed by atoms with Crippen LogP contribution in [-0.2, 0) is 11.2 Å². The van der Waals surface area contributed by atoms with E-state index in [9.17, 15) is 4.79 Å². The zero-order valence-corrected chi connectivity index (χ0v) is 13.2. The monoisotopic (exact) mass is 292 g/mol. The van der Waals surface area contributed by atoms with Crippen LogP contribution in [0.4, 0.5) is 0 Å². The molecule has 1 amide bonds. The molecule has 0 saturated heterocycles. The van der Waals surface area contributed by atoms with Gasteiger partial charge in [0.05, 0.1) is 12.1 Å². The summed E-state index contributed by atoms with van der Waals surface area (Å²) in [6.07, 6.45) is 4.28. The topological polar surface area (TPSA) is 46.3 Å². The van der Waals surface area contributed by atoms with Crippen molar-refractivity contribution in [3.05, 3.63) is 21.9 Å². The summed E-state index contributed by atoms with van der Waals surface area (Å²) in [6.45, 7) is 5.09. The van der Waals surface area contributed by atoms with Gasteiger partial charge in [0.25, 0.3) is 0 Å². The fraction of sp³-hybridized carbons (Fsp3) is 0.688. The minimum absolute atomic E-state index is 0.160. The Hall–Kier alpha value is -0.870. The second-order valence-corrected chi connectivity index (χ2v) is 7.60. The van der Waals surface area contributed by atoms with Gasteiger partial charge in [-0.3, -0.25) is 4.79 Å². The molecule has 20 heavy (non-hydrogen) atoms. The Morgan fingerprint density at radius 2 is 2.25 bits per heavy atom. The molecule has 0 spiro atoms. The Labute approximate surface area is 125 Å². The molecular weight excluding hydrogens is 268 g/mol. The van der Waals surface area contributed by atoms with Crippen LogP contribution in [0.5, 0.6) is 0 Å². The van der Waals surface area contributed by atoms with Crippen LogP contribution in [0, 0.1) is 11.8 Å². The zero-order chi connectivity index (χ0) is 14.3. The van der Waals surface area contributed by atoms with Crippen molar-refractivity contribution in [3.8, 4) is 0 Å². The predicted molar refractivity (Wildman–Crippen MR) is 82.6 cm³/mol. The van der Waals surface area contributed by atoms with Gasteiger partial charge in [0.15, 0.2) is 0 Å². The molecule has 2 aliphatic rings. The van der Waals surface area contributed by atoms with E-state index in [4.69, 9.17) is 5.73 Å². The van der Waals surface area contributed by atoms with Crippen LogP contribution in [0.3, 0.4) is 0 Å². The molecule has 110 valence electrons. The van der Waals surface area contributed by atoms with Crippen LogP contribution in [0.15, 0.2) is 11.4 Å². The highest BCUT2D eigenvalue weighted by Crippen LogP contribution is 2.48. The summed E-state index contributed by atoms with van der Waals surface area (Å²) in [6, 6.07) is 2.18. The van der Waals surface area contributed by atoms with Gasteiger partial charge >= 0.3 is 0 Å². The van der Waals surface area contributed by atoms with Crippen molar-refractivity contribution in [3.63, 3.8) is 0 Å². The molecule has 4 heteroatoms. The highest BCUT2D eigenvalue weighted by molar-refractivity contribution is 7.10. The molecule has 0 bridgehead atoms. The van der Waals surface area contributed by atoms with Crippen molar-refractivity contribution < 1.29 is 4.79 Å². The van der Waals surface area contributed by atoms with E-state index in [2.05, 4.69) is 30.2 Å². The smallest absolute Gasteiger partial charge is 0.240 e. The molecule has 3 nitrogen and oxygen atoms in total. The lowest BCUT2D eigenvalue weighted by Crippen LogP contribution is -2.48. The van der Waals surface area contributed by atoms with E-state index in [1.807, 2.05) is 11.3 Å². The van der Waals surface area contributed by atoms with Gasteiger partial charge in [-0.05, 0) is 54.5 Å². The molecular formula is C16H24N2OS. The Bertz CT molecular complexity index is 492. The number of rotatable bonds is 4. The number of carbonyl (C=O) groups excluding carboxylic acids is 1. The Kier molecular flexibility index (Phi) is 3.87. The van der Waals surface area contributed by atoms with Gasteiger partial charge in [-0.15, -0.1) is 11.3 Å². The van der Waals surface area contributed by atoms with Gasteiger partial charge in [-0.1, -0.05) is 13.8 Å². The van der Waals surface area contributed by atoms with Gasteiger partial charge in [-0.25, -0.2) is 0 Å². The zero-order valence-electron chi connectivity index (χ0n) is 12.3. The molecule has 1 aliphatic carbocycles. The summed E-state index contributed by atoms with van der Waals surface area (Å²) < 4.78 is 0. The molecule has 0 aromatic carbocycles. The van der Waals surface area contributed by atoms with Crippen molar-refractivity contribution in [2.75, 3.05) is 6.54 Å². The van der Waals surface area contributed by atoms with Crippen molar-refractivity contribution in [2.45, 2.75) is 51.6 Å². The minimum Gasteiger partial charge on any atom is -0.334 e. The maximum atomic E-state index is 12.7. The van der Waals surface area contributed by atoms with Crippen molar-refractivity contribution >= 4 is 17.2 Å². The summed E-state index contributed by atoms with van der Waals surface area (Å²) in [5.74, 6) is 1.29. The van der Waals surface area contributed by atoms with Crippen LogP contribution < -0.4 is 5.73 Å². The predicted octanol–water partition coefficient (Wildman–Crippen LogP) is 2.96. The molecule has 2 unspecified atom stereocenters. The lowest BCUT2D eigenvalue weighted by Gasteiger charge is -2.38. The summed E-state index contributed by atoms with van der Waals surface area (Å²) in [5, 5.41) is 2.17. The first-order valence-corrected chi connectivity index (χ1v) is 8.58. The number of thiophene rings is 1. The maximum Gasteiger partial charge on any atom is 0.240 e. The average Bonchev–Trinajstić information content (AvgIpc) is 3.12. The number of fused-ring (bicyclic) bond motifs is 1. The Morgan fingerprint density at radius 1 is 1.50 bits per heavy atom. The van der Waals surface area contributed by atoms with E-state index in [0.717, 1.165) is 19.4 Å². The summed E-state index contributed by atoms with van der Waals surface area (Å²) in [4.78, 5) is 16.3. The van der Waals surface area contributed by atoms with Crippen molar-refractivity contribution in [1.82, 2.24) is 4.90 Å². The quantitative estimate of drug-likeness (QED) is 0.927. The third-order valence-electron chi connectivity index (χ3n) is 4.41. The van der Waals surface area contributed by atoms with Crippen LogP contribution in [0.1, 0.15) is 49.6 Å². The molecule has 2 atom stereocenters. The fourth-order valence-electron chi connectivity index (χ4n) is 3.34. The lowest BCUT2D eigenvalue weighted by molar-refractivity contribution is -0.136. The maximum absolute atomic E-state index is 12.7. The van der Waals surface area contributed by atoms with Crippen LogP contribution in [0.25, 0.3) is 0 Å². The van der Waals surface area contributed by atoms with E-state index in [-0.39, 0.29) is 11.9 Å². The molecule has 1 fully saturated rings. The molecule has 0 radical (unpaired) electrons. The number of amides is 1. The summed E-state index contributed by atoms with van der Waals surface area (Å²) in [5.41, 5.74) is 7.54. The van der Waals surface area contributed by atoms with Gasteiger partial charge in [0, 0.05) is 11.4 Å². The number of hydrogen-bond donors (Lipinski definition) is 1. The number of nitrogens with zero attached hydrogens (tertiary/aromatic N) is 1. The first kappa shape index (κ1) is 14.1. The first-order chi connectivity index (χ1) is 9.58. The number of hydrogen-bond acceptors (Lipinski definition) is 3. The van der Waals surface area contributed by atoms with Crippen molar-refractivity contribution in [2.24, 2.45) is 17.6 Å². The molecule has 2 N–H and O–H groups in total. The SMILES string of the molecule is CC(C)CC(N)C(=O)N1CCc2sccc2C1C1CC1. The van der Waals surface area contributed by atoms with Gasteiger partial charge < -0.3 is 10.6 Å². The van der Waals surface area contributed by atoms with E-state index in [1.54, 1.807) is 0 Å². The third kappa shape index (κ3) is 2.63. The highest BCUT2D eigenvalue weighted by atomic mass is 32.1. The molecule has 1 saturated carbocycles. The second kappa shape index (κ2) is 5.49. The standard InChI is InChI=1S/C16H24N2OS/c1-10(2)9-13(17)16(19)18-7-5-14-12(6-8-20-14)15(18)11-3-4-11/h6,8,10-11,13,15H,3-5,7,9,17H2,1-2H3. The average molecular weight is 292 g/mol. The third-order valence-corrected chi connectivity index (χ3v) is 5.40. The van der Waals surface area contributed by atoms with E-state index < -0.39 is 0 Å². The van der Waals surface area contributed by atoms with Crippen molar-refractivity contribution in [1.29, 1.82) is 0 Å². The molecule has 1 aliphatic heterocycles. The summed E-state index contributed by atoms with van der Waals surface area (Å²) in [7, 11) is 0. The molecule has 1 aromatic heterocycles. The number of nitrogens with two attached hydrogens (primary N) is 1. The second-order valence-electron chi connectivity index (χ2n) is 6.60. The Morgan fingerprint density at radius 3 is 2.90 bits per heavy atom. The molecule has 3 rings (SSSR count). The van der Waals surface area contributed by atoms with E-state index in [0.29, 0.717) is 17.9 Å². The minimum atomic E-state index is -0.337. The Balaban J connectivity index is 1.80. The number of carbonyl (C=O) groups is 1. The largest absolute Gasteiger partial charge is 0.334 e. The first-order valence-electron chi connectivity index (χ1n) is 7.70. The van der Waals surface area contributed by atoms with E-state index in [1.165, 1.54) is 23.3 Å². The van der Waals surface area contributed by atoms with E-state index >= 15 is 0 Å². The van der Waals surface area contributed by atoms with Crippen LogP contribution >= 0.6 is 11.3 Å². The highest BCUT2D eigenvalue weighted by Gasteiger charge is 2.42. The molecule has 1 aromatic rings. The summed E-state index contributed by atoms with van der Waals surface area (Å²) >= 11 is 1.84. The van der Waals surface area contributed by atoms with Gasteiger partial charge in [0.2, 0.25) is 5.91 Å². The molecule has 2 heterocycles. The van der Waals surface area contributed by atoms with Gasteiger partial charge in [-0.2, -0.15) is 0 Å². The normalized spacial score (nSPS) is 23.8. The lowest BCUT2D eigenvalue weighted by atomic mass is 9.94. The van der Waals surface area contributed by atoms with Gasteiger partial charge in [0.1, 0.15) is 0 Å². The van der Waals surface area contributed by atoms with Crippen LogP contribution in [-0.4, -0.2) is 23.4 Å².